The molecule has 0 radical (unpaired) electrons. The fourth-order valence-corrected chi connectivity index (χ4v) is 2.29. The molecule has 0 N–H and O–H groups in total. The molecule has 1 aromatic heterocycles. The lowest BCUT2D eigenvalue weighted by molar-refractivity contribution is -0.139. The van der Waals surface area contributed by atoms with Crippen LogP contribution in [0.2, 0.25) is 0 Å². The topological polar surface area (TPSA) is 48.3 Å². The molecule has 0 saturated heterocycles. The van der Waals surface area contributed by atoms with E-state index in [1.807, 2.05) is 24.3 Å². The number of carbonyl (C=O) groups is 1. The van der Waals surface area contributed by atoms with Crippen molar-refractivity contribution < 1.29 is 9.53 Å². The predicted octanol–water partition coefficient (Wildman–Crippen LogP) is 1.67. The fourth-order valence-electron chi connectivity index (χ4n) is 1.70. The average molecular weight is 263 g/mol. The number of aromatic nitrogens is 1. The molecule has 0 spiro atoms. The van der Waals surface area contributed by atoms with Gasteiger partial charge in [-0.15, -0.1) is 0 Å². The highest BCUT2D eigenvalue weighted by molar-refractivity contribution is 7.07. The van der Waals surface area contributed by atoms with E-state index in [0.717, 1.165) is 22.5 Å². The number of esters is 1. The molecule has 0 fully saturated rings. The van der Waals surface area contributed by atoms with Gasteiger partial charge in [0.2, 0.25) is 0 Å². The summed E-state index contributed by atoms with van der Waals surface area (Å²) in [6.45, 7) is 0.482. The summed E-state index contributed by atoms with van der Waals surface area (Å²) >= 11 is 1.16. The average Bonchev–Trinajstić information content (AvgIpc) is 2.77. The number of ether oxygens (including phenoxy) is 1. The molecule has 0 aliphatic carbocycles. The Hall–Kier alpha value is -1.88. The summed E-state index contributed by atoms with van der Waals surface area (Å²) < 4.78 is 6.29. The maximum atomic E-state index is 11.5. The number of rotatable bonds is 4. The van der Waals surface area contributed by atoms with Crippen LogP contribution in [0.3, 0.4) is 0 Å². The van der Waals surface area contributed by atoms with Crippen molar-refractivity contribution in [3.05, 3.63) is 56.6 Å². The molecule has 0 amide bonds. The highest BCUT2D eigenvalue weighted by Crippen LogP contribution is 2.11. The van der Waals surface area contributed by atoms with Crippen LogP contribution in [0.1, 0.15) is 11.1 Å². The number of hydrogen-bond donors (Lipinski definition) is 0. The Morgan fingerprint density at radius 2 is 2.06 bits per heavy atom. The molecule has 5 heteroatoms. The van der Waals surface area contributed by atoms with Crippen LogP contribution in [0.4, 0.5) is 0 Å². The van der Waals surface area contributed by atoms with E-state index >= 15 is 0 Å². The SMILES string of the molecule is COC(=O)Cc1ccccc1Cn1ccsc1=O. The summed E-state index contributed by atoms with van der Waals surface area (Å²) in [6, 6.07) is 7.57. The zero-order valence-corrected chi connectivity index (χ0v) is 10.8. The highest BCUT2D eigenvalue weighted by Gasteiger charge is 2.08. The molecule has 0 saturated carbocycles. The normalized spacial score (nSPS) is 10.3. The van der Waals surface area contributed by atoms with Crippen molar-refractivity contribution in [1.29, 1.82) is 0 Å². The van der Waals surface area contributed by atoms with Crippen LogP contribution in [-0.4, -0.2) is 17.6 Å². The first-order valence-corrected chi connectivity index (χ1v) is 6.36. The molecule has 0 atom stereocenters. The maximum Gasteiger partial charge on any atom is 0.309 e. The zero-order chi connectivity index (χ0) is 13.0. The summed E-state index contributed by atoms with van der Waals surface area (Å²) in [5, 5.41) is 1.76. The van der Waals surface area contributed by atoms with E-state index in [2.05, 4.69) is 4.74 Å². The van der Waals surface area contributed by atoms with Gasteiger partial charge >= 0.3 is 10.8 Å². The van der Waals surface area contributed by atoms with Gasteiger partial charge in [0.05, 0.1) is 20.1 Å². The van der Waals surface area contributed by atoms with Gasteiger partial charge in [0.1, 0.15) is 0 Å². The number of hydrogen-bond acceptors (Lipinski definition) is 4. The Morgan fingerprint density at radius 3 is 2.67 bits per heavy atom. The summed E-state index contributed by atoms with van der Waals surface area (Å²) in [7, 11) is 1.37. The third-order valence-electron chi connectivity index (χ3n) is 2.67. The Bertz CT molecular complexity index is 600. The first-order valence-electron chi connectivity index (χ1n) is 5.48. The lowest BCUT2D eigenvalue weighted by Crippen LogP contribution is -2.15. The van der Waals surface area contributed by atoms with E-state index in [1.54, 1.807) is 16.1 Å². The van der Waals surface area contributed by atoms with Crippen molar-refractivity contribution in [3.63, 3.8) is 0 Å². The van der Waals surface area contributed by atoms with Gasteiger partial charge in [0.25, 0.3) is 0 Å². The summed E-state index contributed by atoms with van der Waals surface area (Å²) in [5.41, 5.74) is 1.85. The van der Waals surface area contributed by atoms with Crippen molar-refractivity contribution >= 4 is 17.3 Å². The van der Waals surface area contributed by atoms with Gasteiger partial charge in [-0.2, -0.15) is 0 Å². The molecule has 18 heavy (non-hydrogen) atoms. The predicted molar refractivity (Wildman–Crippen MR) is 69.8 cm³/mol. The lowest BCUT2D eigenvalue weighted by Gasteiger charge is -2.08. The quantitative estimate of drug-likeness (QED) is 0.788. The van der Waals surface area contributed by atoms with Gasteiger partial charge < -0.3 is 9.30 Å². The van der Waals surface area contributed by atoms with E-state index in [-0.39, 0.29) is 17.3 Å². The largest absolute Gasteiger partial charge is 0.469 e. The molecule has 4 nitrogen and oxygen atoms in total. The van der Waals surface area contributed by atoms with Crippen molar-refractivity contribution in [2.75, 3.05) is 7.11 Å². The number of nitrogens with zero attached hydrogens (tertiary/aromatic N) is 1. The minimum absolute atomic E-state index is 0.00266. The number of methoxy groups -OCH3 is 1. The second-order valence-corrected chi connectivity index (χ2v) is 4.68. The van der Waals surface area contributed by atoms with Gasteiger partial charge in [-0.25, -0.2) is 0 Å². The van der Waals surface area contributed by atoms with Crippen LogP contribution in [0.5, 0.6) is 0 Å². The van der Waals surface area contributed by atoms with Crippen LogP contribution < -0.4 is 4.87 Å². The number of benzene rings is 1. The van der Waals surface area contributed by atoms with E-state index in [0.29, 0.717) is 6.54 Å². The van der Waals surface area contributed by atoms with Crippen LogP contribution >= 0.6 is 11.3 Å². The highest BCUT2D eigenvalue weighted by atomic mass is 32.1. The van der Waals surface area contributed by atoms with Crippen molar-refractivity contribution in [1.82, 2.24) is 4.57 Å². The molecule has 0 aliphatic heterocycles. The van der Waals surface area contributed by atoms with E-state index in [9.17, 15) is 9.59 Å². The first kappa shape index (κ1) is 12.6. The standard InChI is InChI=1S/C13H13NO3S/c1-17-12(15)8-10-4-2-3-5-11(10)9-14-6-7-18-13(14)16/h2-7H,8-9H2,1H3. The van der Waals surface area contributed by atoms with Crippen molar-refractivity contribution in [3.8, 4) is 0 Å². The van der Waals surface area contributed by atoms with Gasteiger partial charge in [-0.3, -0.25) is 9.59 Å². The molecular formula is C13H13NO3S. The minimum atomic E-state index is -0.278. The summed E-state index contributed by atoms with van der Waals surface area (Å²) in [5.74, 6) is -0.278. The molecule has 0 aliphatic rings. The maximum absolute atomic E-state index is 11.5. The Balaban J connectivity index is 2.25. The van der Waals surface area contributed by atoms with Gasteiger partial charge in [-0.1, -0.05) is 35.6 Å². The van der Waals surface area contributed by atoms with Crippen molar-refractivity contribution in [2.24, 2.45) is 0 Å². The zero-order valence-electron chi connectivity index (χ0n) is 9.96. The first-order chi connectivity index (χ1) is 8.70. The Kier molecular flexibility index (Phi) is 3.94. The molecule has 0 unspecified atom stereocenters. The third-order valence-corrected chi connectivity index (χ3v) is 3.36. The van der Waals surface area contributed by atoms with Crippen LogP contribution in [0.25, 0.3) is 0 Å². The molecule has 1 heterocycles. The van der Waals surface area contributed by atoms with E-state index < -0.39 is 0 Å². The van der Waals surface area contributed by atoms with Gasteiger partial charge in [0.15, 0.2) is 0 Å². The molecular weight excluding hydrogens is 250 g/mol. The van der Waals surface area contributed by atoms with E-state index in [1.165, 1.54) is 7.11 Å². The Labute approximate surface area is 108 Å². The van der Waals surface area contributed by atoms with Gasteiger partial charge in [0, 0.05) is 11.6 Å². The molecule has 94 valence electrons. The monoisotopic (exact) mass is 263 g/mol. The molecule has 2 rings (SSSR count). The molecule has 1 aromatic carbocycles. The lowest BCUT2D eigenvalue weighted by atomic mass is 10.0. The number of carbonyl (C=O) groups excluding carboxylic acids is 1. The van der Waals surface area contributed by atoms with Crippen molar-refractivity contribution in [2.45, 2.75) is 13.0 Å². The van der Waals surface area contributed by atoms with Crippen LogP contribution in [0.15, 0.2) is 40.6 Å². The minimum Gasteiger partial charge on any atom is -0.469 e. The van der Waals surface area contributed by atoms with Crippen LogP contribution in [0, 0.1) is 0 Å². The van der Waals surface area contributed by atoms with Gasteiger partial charge in [-0.05, 0) is 11.1 Å². The molecule has 2 aromatic rings. The van der Waals surface area contributed by atoms with E-state index in [4.69, 9.17) is 0 Å². The smallest absolute Gasteiger partial charge is 0.309 e. The fraction of sp³-hybridized carbons (Fsp3) is 0.231. The second kappa shape index (κ2) is 5.64. The second-order valence-electron chi connectivity index (χ2n) is 3.82. The summed E-state index contributed by atoms with van der Waals surface area (Å²) in [4.78, 5) is 22.8. The summed E-state index contributed by atoms with van der Waals surface area (Å²) in [6.07, 6.45) is 1.98. The third kappa shape index (κ3) is 2.87. The molecule has 0 bridgehead atoms. The van der Waals surface area contributed by atoms with Crippen LogP contribution in [-0.2, 0) is 22.5 Å². The Morgan fingerprint density at radius 1 is 1.33 bits per heavy atom. The number of thiazole rings is 1.